The van der Waals surface area contributed by atoms with Crippen LogP contribution in [0.3, 0.4) is 0 Å². The molecule has 0 radical (unpaired) electrons. The van der Waals surface area contributed by atoms with E-state index in [1.54, 1.807) is 0 Å². The van der Waals surface area contributed by atoms with Crippen molar-refractivity contribution in [2.45, 2.75) is 76.9 Å². The van der Waals surface area contributed by atoms with E-state index in [-0.39, 0.29) is 5.41 Å². The number of nitrogens with zero attached hydrogens (tertiary/aromatic N) is 1. The molecular weight excluding hydrogens is 248 g/mol. The Kier molecular flexibility index (Phi) is 3.67. The topological polar surface area (TPSA) is 49.5 Å². The maximum Gasteiger partial charge on any atom is 0.0882 e. The zero-order valence-electron chi connectivity index (χ0n) is 13.3. The molecule has 20 heavy (non-hydrogen) atoms. The van der Waals surface area contributed by atoms with Crippen molar-refractivity contribution in [1.82, 2.24) is 4.90 Å². The molecule has 2 heterocycles. The van der Waals surface area contributed by atoms with Crippen molar-refractivity contribution < 1.29 is 5.11 Å². The maximum atomic E-state index is 11.6. The summed E-state index contributed by atoms with van der Waals surface area (Å²) < 4.78 is 0. The van der Waals surface area contributed by atoms with Crippen molar-refractivity contribution in [3.63, 3.8) is 0 Å². The zero-order chi connectivity index (χ0) is 14.4. The van der Waals surface area contributed by atoms with Crippen LogP contribution in [0.5, 0.6) is 0 Å². The molecule has 3 aliphatic rings. The minimum Gasteiger partial charge on any atom is -0.388 e. The predicted octanol–water partition coefficient (Wildman–Crippen LogP) is 2.52. The Balaban J connectivity index is 1.85. The lowest BCUT2D eigenvalue weighted by Gasteiger charge is -2.54. The van der Waals surface area contributed by atoms with Crippen LogP contribution in [0.25, 0.3) is 0 Å². The summed E-state index contributed by atoms with van der Waals surface area (Å²) in [5.41, 5.74) is 6.11. The lowest BCUT2D eigenvalue weighted by Crippen LogP contribution is -2.61. The molecule has 2 atom stereocenters. The molecule has 0 aromatic carbocycles. The van der Waals surface area contributed by atoms with Crippen LogP contribution in [0, 0.1) is 10.8 Å². The SMILES string of the molecule is CC1(C)CCC(CN)(C2(O)CCN3CCCCC32)CC1. The lowest BCUT2D eigenvalue weighted by atomic mass is 9.56. The molecule has 2 saturated heterocycles. The van der Waals surface area contributed by atoms with Gasteiger partial charge in [0.2, 0.25) is 0 Å². The molecule has 0 spiro atoms. The van der Waals surface area contributed by atoms with Crippen LogP contribution in [0.1, 0.15) is 65.2 Å². The second-order valence-electron chi connectivity index (χ2n) is 8.37. The van der Waals surface area contributed by atoms with Crippen molar-refractivity contribution in [3.05, 3.63) is 0 Å². The van der Waals surface area contributed by atoms with Crippen molar-refractivity contribution in [1.29, 1.82) is 0 Å². The van der Waals surface area contributed by atoms with E-state index in [4.69, 9.17) is 5.73 Å². The molecule has 1 saturated carbocycles. The number of aliphatic hydroxyl groups is 1. The number of fused-ring (bicyclic) bond motifs is 1. The number of piperidine rings is 1. The van der Waals surface area contributed by atoms with Gasteiger partial charge in [0.25, 0.3) is 0 Å². The molecule has 3 heteroatoms. The predicted molar refractivity (Wildman–Crippen MR) is 82.5 cm³/mol. The summed E-state index contributed by atoms with van der Waals surface area (Å²) in [6, 6.07) is 0.376. The van der Waals surface area contributed by atoms with Crippen LogP contribution in [0.15, 0.2) is 0 Å². The van der Waals surface area contributed by atoms with Crippen LogP contribution >= 0.6 is 0 Å². The first-order valence-corrected chi connectivity index (χ1v) is 8.59. The summed E-state index contributed by atoms with van der Waals surface area (Å²) >= 11 is 0. The molecule has 0 amide bonds. The number of hydrogen-bond donors (Lipinski definition) is 2. The second kappa shape index (κ2) is 4.96. The van der Waals surface area contributed by atoms with Crippen molar-refractivity contribution >= 4 is 0 Å². The van der Waals surface area contributed by atoms with Gasteiger partial charge in [-0.1, -0.05) is 20.3 Å². The van der Waals surface area contributed by atoms with E-state index in [9.17, 15) is 5.11 Å². The molecule has 3 fully saturated rings. The van der Waals surface area contributed by atoms with Gasteiger partial charge in [-0.25, -0.2) is 0 Å². The van der Waals surface area contributed by atoms with E-state index < -0.39 is 5.60 Å². The van der Waals surface area contributed by atoms with E-state index in [1.165, 1.54) is 38.6 Å². The first kappa shape index (κ1) is 14.8. The number of nitrogens with two attached hydrogens (primary N) is 1. The Morgan fingerprint density at radius 2 is 1.75 bits per heavy atom. The van der Waals surface area contributed by atoms with E-state index in [2.05, 4.69) is 18.7 Å². The van der Waals surface area contributed by atoms with Gasteiger partial charge in [-0.3, -0.25) is 4.90 Å². The Hall–Kier alpha value is -0.120. The fraction of sp³-hybridized carbons (Fsp3) is 1.00. The molecular formula is C17H32N2O. The molecule has 2 unspecified atom stereocenters. The fourth-order valence-corrected chi connectivity index (χ4v) is 5.12. The van der Waals surface area contributed by atoms with E-state index in [1.807, 2.05) is 0 Å². The average molecular weight is 280 g/mol. The van der Waals surface area contributed by atoms with Crippen LogP contribution in [-0.2, 0) is 0 Å². The molecule has 3 rings (SSSR count). The summed E-state index contributed by atoms with van der Waals surface area (Å²) in [6.07, 6.45) is 9.31. The van der Waals surface area contributed by atoms with Crippen molar-refractivity contribution in [2.75, 3.05) is 19.6 Å². The Labute approximate surface area is 123 Å². The third-order valence-corrected chi connectivity index (χ3v) is 6.81. The molecule has 0 bridgehead atoms. The zero-order valence-corrected chi connectivity index (χ0v) is 13.3. The molecule has 1 aliphatic carbocycles. The molecule has 3 N–H and O–H groups in total. The van der Waals surface area contributed by atoms with Crippen molar-refractivity contribution in [3.8, 4) is 0 Å². The maximum absolute atomic E-state index is 11.6. The Morgan fingerprint density at radius 3 is 2.40 bits per heavy atom. The van der Waals surface area contributed by atoms with E-state index >= 15 is 0 Å². The standard InChI is InChI=1S/C17H32N2O/c1-15(2)6-8-16(13-18,9-7-15)17(20)10-12-19-11-4-3-5-14(17)19/h14,20H,3-13,18H2,1-2H3. The van der Waals surface area contributed by atoms with Crippen LogP contribution in [0.2, 0.25) is 0 Å². The van der Waals surface area contributed by atoms with Gasteiger partial charge in [0.05, 0.1) is 5.60 Å². The highest BCUT2D eigenvalue weighted by molar-refractivity contribution is 5.13. The smallest absolute Gasteiger partial charge is 0.0882 e. The minimum atomic E-state index is -0.529. The van der Waals surface area contributed by atoms with Crippen LogP contribution in [-0.4, -0.2) is 41.3 Å². The van der Waals surface area contributed by atoms with Gasteiger partial charge in [-0.2, -0.15) is 0 Å². The quantitative estimate of drug-likeness (QED) is 0.817. The summed E-state index contributed by atoms with van der Waals surface area (Å²) in [4.78, 5) is 2.54. The highest BCUT2D eigenvalue weighted by atomic mass is 16.3. The van der Waals surface area contributed by atoms with Gasteiger partial charge in [0, 0.05) is 24.5 Å². The Bertz CT molecular complexity index is 358. The number of rotatable bonds is 2. The molecule has 0 aromatic rings. The monoisotopic (exact) mass is 280 g/mol. The molecule has 116 valence electrons. The fourth-order valence-electron chi connectivity index (χ4n) is 5.12. The van der Waals surface area contributed by atoms with Gasteiger partial charge < -0.3 is 10.8 Å². The second-order valence-corrected chi connectivity index (χ2v) is 8.37. The largest absolute Gasteiger partial charge is 0.388 e. The summed E-state index contributed by atoms with van der Waals surface area (Å²) in [5.74, 6) is 0. The third-order valence-electron chi connectivity index (χ3n) is 6.81. The Morgan fingerprint density at radius 1 is 1.05 bits per heavy atom. The molecule has 2 aliphatic heterocycles. The summed E-state index contributed by atoms with van der Waals surface area (Å²) in [7, 11) is 0. The highest BCUT2D eigenvalue weighted by Gasteiger charge is 2.59. The summed E-state index contributed by atoms with van der Waals surface area (Å²) in [6.45, 7) is 7.63. The number of hydrogen-bond acceptors (Lipinski definition) is 3. The van der Waals surface area contributed by atoms with Crippen LogP contribution < -0.4 is 5.73 Å². The van der Waals surface area contributed by atoms with Crippen LogP contribution in [0.4, 0.5) is 0 Å². The van der Waals surface area contributed by atoms with Gasteiger partial charge in [-0.05, 0) is 56.9 Å². The van der Waals surface area contributed by atoms with Crippen molar-refractivity contribution in [2.24, 2.45) is 16.6 Å². The van der Waals surface area contributed by atoms with Gasteiger partial charge in [-0.15, -0.1) is 0 Å². The first-order chi connectivity index (χ1) is 9.43. The minimum absolute atomic E-state index is 0.0285. The molecule has 0 aromatic heterocycles. The van der Waals surface area contributed by atoms with Gasteiger partial charge in [0.1, 0.15) is 0 Å². The molecule has 3 nitrogen and oxygen atoms in total. The van der Waals surface area contributed by atoms with Gasteiger partial charge >= 0.3 is 0 Å². The highest BCUT2D eigenvalue weighted by Crippen LogP contribution is 2.55. The summed E-state index contributed by atoms with van der Waals surface area (Å²) in [5, 5.41) is 11.6. The average Bonchev–Trinajstić information content (AvgIpc) is 2.79. The third kappa shape index (κ3) is 2.13. The normalized spacial score (nSPS) is 40.5. The lowest BCUT2D eigenvalue weighted by molar-refractivity contribution is -0.134. The van der Waals surface area contributed by atoms with E-state index in [0.29, 0.717) is 18.0 Å². The first-order valence-electron chi connectivity index (χ1n) is 8.59. The van der Waals surface area contributed by atoms with Gasteiger partial charge in [0.15, 0.2) is 0 Å². The van der Waals surface area contributed by atoms with E-state index in [0.717, 1.165) is 25.8 Å².